The van der Waals surface area contributed by atoms with Gasteiger partial charge in [0.2, 0.25) is 0 Å². The van der Waals surface area contributed by atoms with Crippen LogP contribution in [-0.4, -0.2) is 31.3 Å². The SMILES string of the molecule is CCOC(=O)OCCc1c(C)ccc(C(C)(C)C)c1SC(=O)OCC. The molecule has 25 heavy (non-hydrogen) atoms. The maximum Gasteiger partial charge on any atom is 0.508 e. The minimum atomic E-state index is -0.674. The molecule has 1 rings (SSSR count). The van der Waals surface area contributed by atoms with E-state index in [1.54, 1.807) is 13.8 Å². The first-order chi connectivity index (χ1) is 11.7. The van der Waals surface area contributed by atoms with Crippen molar-refractivity contribution < 1.29 is 23.8 Å². The highest BCUT2D eigenvalue weighted by Gasteiger charge is 2.24. The Kier molecular flexibility index (Phi) is 8.29. The van der Waals surface area contributed by atoms with E-state index in [1.807, 2.05) is 19.1 Å². The van der Waals surface area contributed by atoms with Gasteiger partial charge in [0.15, 0.2) is 0 Å². The molecule has 6 heteroatoms. The number of thioether (sulfide) groups is 1. The van der Waals surface area contributed by atoms with Gasteiger partial charge in [0.05, 0.1) is 19.8 Å². The summed E-state index contributed by atoms with van der Waals surface area (Å²) in [5.41, 5.74) is 2.99. The number of hydrogen-bond donors (Lipinski definition) is 0. The predicted molar refractivity (Wildman–Crippen MR) is 99.4 cm³/mol. The molecule has 0 saturated heterocycles. The maximum absolute atomic E-state index is 12.1. The molecule has 0 amide bonds. The number of ether oxygens (including phenoxy) is 3. The smallest absolute Gasteiger partial charge is 0.458 e. The van der Waals surface area contributed by atoms with Gasteiger partial charge < -0.3 is 14.2 Å². The van der Waals surface area contributed by atoms with Crippen LogP contribution in [0.4, 0.5) is 9.59 Å². The van der Waals surface area contributed by atoms with Crippen molar-refractivity contribution in [3.63, 3.8) is 0 Å². The molecule has 0 heterocycles. The fourth-order valence-electron chi connectivity index (χ4n) is 2.37. The third kappa shape index (κ3) is 6.61. The van der Waals surface area contributed by atoms with Gasteiger partial charge in [-0.25, -0.2) is 9.59 Å². The van der Waals surface area contributed by atoms with E-state index in [2.05, 4.69) is 20.8 Å². The quantitative estimate of drug-likeness (QED) is 0.504. The molecule has 0 radical (unpaired) electrons. The molecule has 0 aliphatic carbocycles. The molecule has 0 fully saturated rings. The maximum atomic E-state index is 12.1. The summed E-state index contributed by atoms with van der Waals surface area (Å²) >= 11 is 1.10. The Morgan fingerprint density at radius 3 is 2.24 bits per heavy atom. The first-order valence-corrected chi connectivity index (χ1v) is 9.29. The van der Waals surface area contributed by atoms with Crippen LogP contribution in [0.15, 0.2) is 17.0 Å². The summed E-state index contributed by atoms with van der Waals surface area (Å²) in [6, 6.07) is 4.09. The highest BCUT2D eigenvalue weighted by molar-refractivity contribution is 8.13. The Balaban J connectivity index is 3.11. The lowest BCUT2D eigenvalue weighted by Crippen LogP contribution is -2.16. The van der Waals surface area contributed by atoms with E-state index in [-0.39, 0.29) is 23.9 Å². The second-order valence-corrected chi connectivity index (χ2v) is 7.50. The Morgan fingerprint density at radius 2 is 1.68 bits per heavy atom. The molecule has 0 atom stereocenters. The molecular formula is C19H28O5S. The lowest BCUT2D eigenvalue weighted by molar-refractivity contribution is 0.0598. The summed E-state index contributed by atoms with van der Waals surface area (Å²) in [6.07, 6.45) is -0.164. The lowest BCUT2D eigenvalue weighted by atomic mass is 9.84. The first-order valence-electron chi connectivity index (χ1n) is 8.47. The second-order valence-electron chi connectivity index (χ2n) is 6.55. The minimum Gasteiger partial charge on any atom is -0.458 e. The monoisotopic (exact) mass is 368 g/mol. The van der Waals surface area contributed by atoms with E-state index in [0.29, 0.717) is 13.0 Å². The predicted octanol–water partition coefficient (Wildman–Crippen LogP) is 5.26. The van der Waals surface area contributed by atoms with Gasteiger partial charge in [0.25, 0.3) is 0 Å². The van der Waals surface area contributed by atoms with Crippen molar-refractivity contribution in [3.05, 3.63) is 28.8 Å². The van der Waals surface area contributed by atoms with Crippen molar-refractivity contribution in [2.24, 2.45) is 0 Å². The van der Waals surface area contributed by atoms with Gasteiger partial charge in [-0.15, -0.1) is 0 Å². The van der Waals surface area contributed by atoms with Crippen LogP contribution in [0.1, 0.15) is 51.3 Å². The van der Waals surface area contributed by atoms with Gasteiger partial charge in [-0.05, 0) is 54.6 Å². The number of rotatable bonds is 6. The van der Waals surface area contributed by atoms with Gasteiger partial charge in [-0.2, -0.15) is 0 Å². The molecule has 0 N–H and O–H groups in total. The molecule has 1 aromatic carbocycles. The summed E-state index contributed by atoms with van der Waals surface area (Å²) in [7, 11) is 0. The Morgan fingerprint density at radius 1 is 1.04 bits per heavy atom. The molecule has 0 bridgehead atoms. The van der Waals surface area contributed by atoms with Crippen molar-refractivity contribution in [2.75, 3.05) is 19.8 Å². The topological polar surface area (TPSA) is 61.8 Å². The molecule has 0 unspecified atom stereocenters. The van der Waals surface area contributed by atoms with E-state index in [0.717, 1.165) is 33.3 Å². The average Bonchev–Trinajstić information content (AvgIpc) is 2.49. The van der Waals surface area contributed by atoms with Gasteiger partial charge in [0, 0.05) is 11.3 Å². The van der Waals surface area contributed by atoms with E-state index >= 15 is 0 Å². The highest BCUT2D eigenvalue weighted by Crippen LogP contribution is 2.37. The van der Waals surface area contributed by atoms with Gasteiger partial charge in [-0.1, -0.05) is 32.9 Å². The first kappa shape index (κ1) is 21.4. The van der Waals surface area contributed by atoms with Crippen molar-refractivity contribution in [3.8, 4) is 0 Å². The van der Waals surface area contributed by atoms with Crippen LogP contribution in [0.2, 0.25) is 0 Å². The molecule has 0 spiro atoms. The van der Waals surface area contributed by atoms with Gasteiger partial charge in [0.1, 0.15) is 0 Å². The number of aryl methyl sites for hydroxylation is 1. The fourth-order valence-corrected chi connectivity index (χ4v) is 3.58. The van der Waals surface area contributed by atoms with Crippen LogP contribution in [0.25, 0.3) is 0 Å². The fraction of sp³-hybridized carbons (Fsp3) is 0.579. The van der Waals surface area contributed by atoms with Crippen molar-refractivity contribution in [2.45, 2.75) is 58.3 Å². The van der Waals surface area contributed by atoms with Gasteiger partial charge >= 0.3 is 11.5 Å². The lowest BCUT2D eigenvalue weighted by Gasteiger charge is -2.25. The van der Waals surface area contributed by atoms with Crippen molar-refractivity contribution in [1.82, 2.24) is 0 Å². The normalized spacial score (nSPS) is 11.1. The number of benzene rings is 1. The highest BCUT2D eigenvalue weighted by atomic mass is 32.2. The van der Waals surface area contributed by atoms with Crippen LogP contribution in [0.3, 0.4) is 0 Å². The Hall–Kier alpha value is -1.69. The zero-order valence-electron chi connectivity index (χ0n) is 15.9. The van der Waals surface area contributed by atoms with Gasteiger partial charge in [-0.3, -0.25) is 0 Å². The molecule has 5 nitrogen and oxygen atoms in total. The van der Waals surface area contributed by atoms with Crippen molar-refractivity contribution in [1.29, 1.82) is 0 Å². The van der Waals surface area contributed by atoms with E-state index in [9.17, 15) is 9.59 Å². The zero-order chi connectivity index (χ0) is 19.0. The third-order valence-electron chi connectivity index (χ3n) is 3.58. The van der Waals surface area contributed by atoms with Crippen LogP contribution in [0.5, 0.6) is 0 Å². The summed E-state index contributed by atoms with van der Waals surface area (Å²) in [5, 5.41) is -0.328. The molecule has 140 valence electrons. The van der Waals surface area contributed by atoms with Crippen LogP contribution >= 0.6 is 11.8 Å². The summed E-state index contributed by atoms with van der Waals surface area (Å²) < 4.78 is 15.0. The van der Waals surface area contributed by atoms with Crippen LogP contribution in [0, 0.1) is 6.92 Å². The number of hydrogen-bond acceptors (Lipinski definition) is 6. The van der Waals surface area contributed by atoms with Crippen molar-refractivity contribution >= 4 is 23.2 Å². The molecule has 0 aliphatic heterocycles. The van der Waals surface area contributed by atoms with Crippen LogP contribution in [-0.2, 0) is 26.0 Å². The zero-order valence-corrected chi connectivity index (χ0v) is 16.7. The largest absolute Gasteiger partial charge is 0.508 e. The minimum absolute atomic E-state index is 0.126. The number of carbonyl (C=O) groups excluding carboxylic acids is 2. The van der Waals surface area contributed by atoms with E-state index in [4.69, 9.17) is 14.2 Å². The number of carbonyl (C=O) groups is 2. The summed E-state index contributed by atoms with van der Waals surface area (Å²) in [5.74, 6) is 0. The Labute approximate surface area is 154 Å². The summed E-state index contributed by atoms with van der Waals surface area (Å²) in [4.78, 5) is 24.3. The Bertz CT molecular complexity index is 605. The molecule has 1 aromatic rings. The molecular weight excluding hydrogens is 340 g/mol. The average molecular weight is 368 g/mol. The molecule has 0 aromatic heterocycles. The van der Waals surface area contributed by atoms with E-state index in [1.165, 1.54) is 0 Å². The third-order valence-corrected chi connectivity index (χ3v) is 4.54. The summed E-state index contributed by atoms with van der Waals surface area (Å²) in [6.45, 7) is 12.6. The standard InChI is InChI=1S/C19H28O5S/c1-7-22-17(20)24-12-11-14-13(3)9-10-15(19(4,5)6)16(14)25-18(21)23-8-2/h9-10H,7-8,11-12H2,1-6H3. The molecule has 0 aliphatic rings. The van der Waals surface area contributed by atoms with E-state index < -0.39 is 6.16 Å². The van der Waals surface area contributed by atoms with Crippen LogP contribution < -0.4 is 0 Å². The molecule has 0 saturated carbocycles. The second kappa shape index (κ2) is 9.70.